The average molecular weight is 643 g/mol. The summed E-state index contributed by atoms with van der Waals surface area (Å²) in [6.45, 7) is 5.12. The van der Waals surface area contributed by atoms with E-state index >= 15 is 0 Å². The number of carbonyl (C=O) groups is 4. The SMILES string of the molecule is CCC(=O)NC(Cc1ccc(NC(=O)C(NC(=O)c2ccnn2C)C2CCCCC2)cc1)C(=O)N1CCN(Cc2ccccn2)CC1. The lowest BCUT2D eigenvalue weighted by Gasteiger charge is -2.36. The van der Waals surface area contributed by atoms with Crippen molar-refractivity contribution in [3.05, 3.63) is 77.9 Å². The number of nitrogens with zero attached hydrogens (tertiary/aromatic N) is 5. The fourth-order valence-electron chi connectivity index (χ4n) is 6.42. The quantitative estimate of drug-likeness (QED) is 0.276. The number of rotatable bonds is 12. The number of benzene rings is 1. The fourth-order valence-corrected chi connectivity index (χ4v) is 6.42. The summed E-state index contributed by atoms with van der Waals surface area (Å²) in [4.78, 5) is 61.1. The summed E-state index contributed by atoms with van der Waals surface area (Å²) in [5.74, 6) is -0.814. The van der Waals surface area contributed by atoms with Crippen LogP contribution in [0.25, 0.3) is 0 Å². The van der Waals surface area contributed by atoms with Gasteiger partial charge in [0.15, 0.2) is 0 Å². The third-order valence-corrected chi connectivity index (χ3v) is 9.16. The molecule has 3 heterocycles. The Morgan fingerprint density at radius 1 is 0.894 bits per heavy atom. The Labute approximate surface area is 276 Å². The number of amides is 4. The van der Waals surface area contributed by atoms with E-state index in [4.69, 9.17) is 0 Å². The van der Waals surface area contributed by atoms with E-state index in [2.05, 4.69) is 30.9 Å². The Morgan fingerprint density at radius 2 is 1.64 bits per heavy atom. The monoisotopic (exact) mass is 642 g/mol. The zero-order valence-electron chi connectivity index (χ0n) is 27.4. The van der Waals surface area contributed by atoms with E-state index in [0.717, 1.165) is 63.0 Å². The number of hydrogen-bond acceptors (Lipinski definition) is 7. The highest BCUT2D eigenvalue weighted by Gasteiger charge is 2.32. The minimum Gasteiger partial charge on any atom is -0.344 e. The Kier molecular flexibility index (Phi) is 11.7. The minimum atomic E-state index is -0.692. The first-order valence-electron chi connectivity index (χ1n) is 16.7. The Bertz CT molecular complexity index is 1500. The van der Waals surface area contributed by atoms with Crippen molar-refractivity contribution in [3.8, 4) is 0 Å². The molecular weight excluding hydrogens is 596 g/mol. The topological polar surface area (TPSA) is 142 Å². The smallest absolute Gasteiger partial charge is 0.270 e. The van der Waals surface area contributed by atoms with E-state index < -0.39 is 12.1 Å². The molecule has 12 nitrogen and oxygen atoms in total. The molecule has 12 heteroatoms. The molecule has 0 spiro atoms. The van der Waals surface area contributed by atoms with Crippen molar-refractivity contribution in [3.63, 3.8) is 0 Å². The number of piperazine rings is 1. The summed E-state index contributed by atoms with van der Waals surface area (Å²) in [5, 5.41) is 13.0. The summed E-state index contributed by atoms with van der Waals surface area (Å²) in [6.07, 6.45) is 8.90. The van der Waals surface area contributed by atoms with Crippen LogP contribution >= 0.6 is 0 Å². The number of hydrogen-bond donors (Lipinski definition) is 3. The van der Waals surface area contributed by atoms with Gasteiger partial charge in [-0.05, 0) is 54.7 Å². The molecule has 47 heavy (non-hydrogen) atoms. The molecule has 1 saturated heterocycles. The second kappa shape index (κ2) is 16.3. The van der Waals surface area contributed by atoms with Crippen molar-refractivity contribution in [2.75, 3.05) is 31.5 Å². The van der Waals surface area contributed by atoms with Gasteiger partial charge in [0.05, 0.1) is 5.69 Å². The van der Waals surface area contributed by atoms with Crippen molar-refractivity contribution in [1.82, 2.24) is 35.2 Å². The third-order valence-electron chi connectivity index (χ3n) is 9.16. The zero-order chi connectivity index (χ0) is 33.2. The molecule has 1 saturated carbocycles. The standard InChI is InChI=1S/C35H46N8O4/c1-3-31(44)39-29(35(47)43-21-19-42(20-22-43)24-28-11-7-8-17-36-28)23-25-12-14-27(15-13-25)38-34(46)32(26-9-5-4-6-10-26)40-33(45)30-16-18-37-41(30)2/h7-8,11-18,26,29,32H,3-6,9-10,19-24H2,1-2H3,(H,38,46)(H,39,44)(H,40,45). The van der Waals surface area contributed by atoms with E-state index in [1.807, 2.05) is 35.2 Å². The summed E-state index contributed by atoms with van der Waals surface area (Å²) < 4.78 is 1.49. The number of nitrogens with one attached hydrogen (secondary N) is 3. The molecule has 0 radical (unpaired) electrons. The van der Waals surface area contributed by atoms with E-state index in [1.54, 1.807) is 44.6 Å². The normalized spacial score (nSPS) is 17.0. The van der Waals surface area contributed by atoms with Gasteiger partial charge in [-0.1, -0.05) is 44.4 Å². The molecule has 1 aromatic carbocycles. The van der Waals surface area contributed by atoms with Gasteiger partial charge in [0.2, 0.25) is 17.7 Å². The Morgan fingerprint density at radius 3 is 2.28 bits per heavy atom. The van der Waals surface area contributed by atoms with Gasteiger partial charge >= 0.3 is 0 Å². The number of aryl methyl sites for hydroxylation is 1. The van der Waals surface area contributed by atoms with Crippen LogP contribution < -0.4 is 16.0 Å². The van der Waals surface area contributed by atoms with Gasteiger partial charge in [-0.2, -0.15) is 5.10 Å². The maximum atomic E-state index is 13.6. The molecular formula is C35H46N8O4. The van der Waals surface area contributed by atoms with Crippen LogP contribution in [0.1, 0.15) is 67.2 Å². The highest BCUT2D eigenvalue weighted by atomic mass is 16.2. The lowest BCUT2D eigenvalue weighted by atomic mass is 9.83. The van der Waals surface area contributed by atoms with Gasteiger partial charge in [-0.3, -0.25) is 33.7 Å². The second-order valence-electron chi connectivity index (χ2n) is 12.5. The lowest BCUT2D eigenvalue weighted by Crippen LogP contribution is -2.55. The number of aromatic nitrogens is 3. The largest absolute Gasteiger partial charge is 0.344 e. The predicted octanol–water partition coefficient (Wildman–Crippen LogP) is 2.91. The summed E-state index contributed by atoms with van der Waals surface area (Å²) >= 11 is 0. The van der Waals surface area contributed by atoms with Crippen molar-refractivity contribution in [2.24, 2.45) is 13.0 Å². The molecule has 4 amide bonds. The van der Waals surface area contributed by atoms with Crippen LogP contribution in [-0.2, 0) is 34.4 Å². The van der Waals surface area contributed by atoms with Gasteiger partial charge in [0.1, 0.15) is 17.8 Å². The van der Waals surface area contributed by atoms with Crippen LogP contribution in [0.15, 0.2) is 60.9 Å². The molecule has 2 aromatic heterocycles. The van der Waals surface area contributed by atoms with Crippen molar-refractivity contribution < 1.29 is 19.2 Å². The molecule has 2 unspecified atom stereocenters. The maximum absolute atomic E-state index is 13.6. The highest BCUT2D eigenvalue weighted by Crippen LogP contribution is 2.27. The molecule has 1 aliphatic heterocycles. The molecule has 3 N–H and O–H groups in total. The fraction of sp³-hybridized carbons (Fsp3) is 0.486. The molecule has 2 aliphatic rings. The van der Waals surface area contributed by atoms with Crippen LogP contribution in [0.2, 0.25) is 0 Å². The van der Waals surface area contributed by atoms with Gasteiger partial charge in [0.25, 0.3) is 5.91 Å². The molecule has 250 valence electrons. The molecule has 3 aromatic rings. The highest BCUT2D eigenvalue weighted by molar-refractivity contribution is 6.00. The zero-order valence-corrected chi connectivity index (χ0v) is 27.4. The summed E-state index contributed by atoms with van der Waals surface area (Å²) in [6, 6.07) is 13.5. The van der Waals surface area contributed by atoms with Crippen molar-refractivity contribution in [2.45, 2.75) is 70.5 Å². The molecule has 0 bridgehead atoms. The number of carbonyl (C=O) groups excluding carboxylic acids is 4. The van der Waals surface area contributed by atoms with Crippen molar-refractivity contribution in [1.29, 1.82) is 0 Å². The van der Waals surface area contributed by atoms with E-state index in [0.29, 0.717) is 30.9 Å². The third kappa shape index (κ3) is 9.25. The Hall–Kier alpha value is -4.58. The first kappa shape index (κ1) is 33.8. The van der Waals surface area contributed by atoms with Gasteiger partial charge in [-0.15, -0.1) is 0 Å². The van der Waals surface area contributed by atoms with Crippen LogP contribution in [0.4, 0.5) is 5.69 Å². The van der Waals surface area contributed by atoms with E-state index in [1.165, 1.54) is 4.68 Å². The molecule has 5 rings (SSSR count). The van der Waals surface area contributed by atoms with Crippen LogP contribution in [0, 0.1) is 5.92 Å². The summed E-state index contributed by atoms with van der Waals surface area (Å²) in [5.41, 5.74) is 2.85. The first-order valence-corrected chi connectivity index (χ1v) is 16.7. The van der Waals surface area contributed by atoms with Crippen molar-refractivity contribution >= 4 is 29.3 Å². The Balaban J connectivity index is 1.20. The van der Waals surface area contributed by atoms with Crippen LogP contribution in [0.3, 0.4) is 0 Å². The van der Waals surface area contributed by atoms with E-state index in [-0.39, 0.29) is 36.0 Å². The molecule has 2 fully saturated rings. The lowest BCUT2D eigenvalue weighted by molar-refractivity contribution is -0.138. The number of anilines is 1. The predicted molar refractivity (Wildman–Crippen MR) is 178 cm³/mol. The first-order chi connectivity index (χ1) is 22.8. The van der Waals surface area contributed by atoms with Crippen LogP contribution in [0.5, 0.6) is 0 Å². The maximum Gasteiger partial charge on any atom is 0.270 e. The van der Waals surface area contributed by atoms with E-state index in [9.17, 15) is 19.2 Å². The summed E-state index contributed by atoms with van der Waals surface area (Å²) in [7, 11) is 1.70. The van der Waals surface area contributed by atoms with Gasteiger partial charge < -0.3 is 20.9 Å². The number of pyridine rings is 1. The minimum absolute atomic E-state index is 0.0472. The molecule has 1 aliphatic carbocycles. The molecule has 2 atom stereocenters. The van der Waals surface area contributed by atoms with Crippen LogP contribution in [-0.4, -0.2) is 86.5 Å². The van der Waals surface area contributed by atoms with Gasteiger partial charge in [0, 0.05) is 70.7 Å². The van der Waals surface area contributed by atoms with Gasteiger partial charge in [-0.25, -0.2) is 0 Å². The second-order valence-corrected chi connectivity index (χ2v) is 12.5. The average Bonchev–Trinajstić information content (AvgIpc) is 3.54.